The Hall–Kier alpha value is -2.64. The van der Waals surface area contributed by atoms with Crippen molar-refractivity contribution in [3.05, 3.63) is 58.6 Å². The van der Waals surface area contributed by atoms with E-state index in [1.807, 2.05) is 6.92 Å². The van der Waals surface area contributed by atoms with Crippen LogP contribution in [0, 0.1) is 6.92 Å². The van der Waals surface area contributed by atoms with Gasteiger partial charge in [0.15, 0.2) is 11.7 Å². The molecule has 3 N–H and O–H groups in total. The van der Waals surface area contributed by atoms with Gasteiger partial charge in [-0.15, -0.1) is 0 Å². The molecule has 0 fully saturated rings. The molecule has 2 aromatic rings. The van der Waals surface area contributed by atoms with Gasteiger partial charge in [0.1, 0.15) is 5.75 Å². The van der Waals surface area contributed by atoms with Crippen LogP contribution in [-0.2, 0) is 4.79 Å². The standard InChI is InChI=1S/C17H15ClN2O4S/c1-10-8-12(18)4-7-14(10)24-9-15(21)20-17(25)19-13-5-2-11(3-6-13)16(22)23/h2-8H,9H2,1H3,(H,22,23)(H2,19,20,21,25). The number of carbonyl (C=O) groups is 2. The summed E-state index contributed by atoms with van der Waals surface area (Å²) < 4.78 is 5.42. The lowest BCUT2D eigenvalue weighted by Crippen LogP contribution is -2.37. The van der Waals surface area contributed by atoms with Crippen LogP contribution in [-0.4, -0.2) is 28.7 Å². The zero-order valence-electron chi connectivity index (χ0n) is 13.2. The Morgan fingerprint density at radius 3 is 2.48 bits per heavy atom. The van der Waals surface area contributed by atoms with Gasteiger partial charge in [-0.2, -0.15) is 0 Å². The number of anilines is 1. The van der Waals surface area contributed by atoms with Gasteiger partial charge in [0, 0.05) is 10.7 Å². The number of hydrogen-bond acceptors (Lipinski definition) is 4. The number of aryl methyl sites for hydroxylation is 1. The van der Waals surface area contributed by atoms with E-state index in [2.05, 4.69) is 10.6 Å². The molecule has 2 rings (SSSR count). The molecule has 2 aromatic carbocycles. The van der Waals surface area contributed by atoms with Crippen molar-refractivity contribution in [3.63, 3.8) is 0 Å². The normalized spacial score (nSPS) is 10.0. The smallest absolute Gasteiger partial charge is 0.335 e. The first-order valence-corrected chi connectivity index (χ1v) is 7.97. The highest BCUT2D eigenvalue weighted by Crippen LogP contribution is 2.21. The topological polar surface area (TPSA) is 87.7 Å². The number of benzene rings is 2. The molecule has 0 spiro atoms. The fourth-order valence-corrected chi connectivity index (χ4v) is 2.40. The number of carboxylic acid groups (broad SMARTS) is 1. The number of rotatable bonds is 5. The number of carbonyl (C=O) groups excluding carboxylic acids is 1. The average molecular weight is 379 g/mol. The summed E-state index contributed by atoms with van der Waals surface area (Å²) in [5.41, 5.74) is 1.54. The molecule has 0 bridgehead atoms. The average Bonchev–Trinajstić information content (AvgIpc) is 2.54. The Kier molecular flexibility index (Phi) is 6.32. The minimum absolute atomic E-state index is 0.0875. The second kappa shape index (κ2) is 8.46. The van der Waals surface area contributed by atoms with Crippen molar-refractivity contribution in [1.29, 1.82) is 0 Å². The summed E-state index contributed by atoms with van der Waals surface area (Å²) >= 11 is 10.9. The lowest BCUT2D eigenvalue weighted by molar-refractivity contribution is -0.121. The minimum atomic E-state index is -1.02. The van der Waals surface area contributed by atoms with Gasteiger partial charge in [0.05, 0.1) is 5.56 Å². The van der Waals surface area contributed by atoms with Gasteiger partial charge < -0.3 is 15.2 Å². The molecule has 0 saturated carbocycles. The minimum Gasteiger partial charge on any atom is -0.483 e. The zero-order chi connectivity index (χ0) is 18.4. The van der Waals surface area contributed by atoms with Gasteiger partial charge in [-0.3, -0.25) is 10.1 Å². The predicted molar refractivity (Wildman–Crippen MR) is 99.4 cm³/mol. The number of carboxylic acids is 1. The zero-order valence-corrected chi connectivity index (χ0v) is 14.8. The van der Waals surface area contributed by atoms with Crippen molar-refractivity contribution in [3.8, 4) is 5.75 Å². The number of thiocarbonyl (C=S) groups is 1. The number of hydrogen-bond donors (Lipinski definition) is 3. The summed E-state index contributed by atoms with van der Waals surface area (Å²) in [6.07, 6.45) is 0. The Bertz CT molecular complexity index is 809. The highest BCUT2D eigenvalue weighted by atomic mass is 35.5. The van der Waals surface area contributed by atoms with E-state index >= 15 is 0 Å². The summed E-state index contributed by atoms with van der Waals surface area (Å²) in [6, 6.07) is 11.1. The fraction of sp³-hybridized carbons (Fsp3) is 0.118. The summed E-state index contributed by atoms with van der Waals surface area (Å²) in [4.78, 5) is 22.7. The van der Waals surface area contributed by atoms with Crippen LogP contribution in [0.1, 0.15) is 15.9 Å². The highest BCUT2D eigenvalue weighted by molar-refractivity contribution is 7.80. The Morgan fingerprint density at radius 2 is 1.88 bits per heavy atom. The molecule has 1 amide bonds. The maximum Gasteiger partial charge on any atom is 0.335 e. The molecule has 8 heteroatoms. The lowest BCUT2D eigenvalue weighted by atomic mass is 10.2. The summed E-state index contributed by atoms with van der Waals surface area (Å²) in [5, 5.41) is 14.8. The van der Waals surface area contributed by atoms with Gasteiger partial charge in [-0.05, 0) is 67.2 Å². The third-order valence-corrected chi connectivity index (χ3v) is 3.58. The third kappa shape index (κ3) is 5.74. The van der Waals surface area contributed by atoms with E-state index in [9.17, 15) is 9.59 Å². The Morgan fingerprint density at radius 1 is 1.20 bits per heavy atom. The first kappa shape index (κ1) is 18.7. The van der Waals surface area contributed by atoms with Crippen molar-refractivity contribution in [2.45, 2.75) is 6.92 Å². The maximum absolute atomic E-state index is 11.9. The van der Waals surface area contributed by atoms with E-state index in [4.69, 9.17) is 33.7 Å². The first-order valence-electron chi connectivity index (χ1n) is 7.18. The molecule has 0 heterocycles. The van der Waals surface area contributed by atoms with E-state index in [1.165, 1.54) is 12.1 Å². The quantitative estimate of drug-likeness (QED) is 0.692. The Labute approximate surface area is 154 Å². The van der Waals surface area contributed by atoms with Gasteiger partial charge >= 0.3 is 5.97 Å². The van der Waals surface area contributed by atoms with E-state index in [-0.39, 0.29) is 17.3 Å². The van der Waals surface area contributed by atoms with Crippen molar-refractivity contribution >= 4 is 46.5 Å². The van der Waals surface area contributed by atoms with Gasteiger partial charge in [-0.25, -0.2) is 4.79 Å². The summed E-state index contributed by atoms with van der Waals surface area (Å²) in [5.74, 6) is -0.881. The van der Waals surface area contributed by atoms with Crippen LogP contribution in [0.25, 0.3) is 0 Å². The Balaban J connectivity index is 1.83. The number of aromatic carboxylic acids is 1. The van der Waals surface area contributed by atoms with Crippen LogP contribution in [0.4, 0.5) is 5.69 Å². The van der Waals surface area contributed by atoms with Crippen LogP contribution in [0.15, 0.2) is 42.5 Å². The first-order chi connectivity index (χ1) is 11.8. The molecule has 0 atom stereocenters. The second-order valence-corrected chi connectivity index (χ2v) is 5.93. The molecule has 0 unspecified atom stereocenters. The number of ether oxygens (including phenoxy) is 1. The summed E-state index contributed by atoms with van der Waals surface area (Å²) in [7, 11) is 0. The van der Waals surface area contributed by atoms with Crippen molar-refractivity contribution in [2.24, 2.45) is 0 Å². The van der Waals surface area contributed by atoms with Gasteiger partial charge in [0.2, 0.25) is 0 Å². The molecule has 6 nitrogen and oxygen atoms in total. The molecule has 130 valence electrons. The van der Waals surface area contributed by atoms with E-state index in [0.717, 1.165) is 5.56 Å². The van der Waals surface area contributed by atoms with E-state index in [1.54, 1.807) is 30.3 Å². The molecule has 25 heavy (non-hydrogen) atoms. The molecule has 0 aliphatic rings. The van der Waals surface area contributed by atoms with Crippen LogP contribution in [0.5, 0.6) is 5.75 Å². The van der Waals surface area contributed by atoms with Crippen LogP contribution in [0.3, 0.4) is 0 Å². The number of nitrogens with one attached hydrogen (secondary N) is 2. The summed E-state index contributed by atoms with van der Waals surface area (Å²) in [6.45, 7) is 1.62. The van der Waals surface area contributed by atoms with Crippen molar-refractivity contribution in [2.75, 3.05) is 11.9 Å². The monoisotopic (exact) mass is 378 g/mol. The molecule has 0 aliphatic heterocycles. The lowest BCUT2D eigenvalue weighted by Gasteiger charge is -2.11. The SMILES string of the molecule is Cc1cc(Cl)ccc1OCC(=O)NC(=S)Nc1ccc(C(=O)O)cc1. The molecule has 0 aliphatic carbocycles. The maximum atomic E-state index is 11.9. The molecule has 0 saturated heterocycles. The van der Waals surface area contributed by atoms with Crippen molar-refractivity contribution in [1.82, 2.24) is 5.32 Å². The van der Waals surface area contributed by atoms with Gasteiger partial charge in [0.25, 0.3) is 5.91 Å². The number of halogens is 1. The largest absolute Gasteiger partial charge is 0.483 e. The van der Waals surface area contributed by atoms with Crippen LogP contribution >= 0.6 is 23.8 Å². The van der Waals surface area contributed by atoms with Crippen molar-refractivity contribution < 1.29 is 19.4 Å². The molecular formula is C17H15ClN2O4S. The fourth-order valence-electron chi connectivity index (χ4n) is 1.94. The van der Waals surface area contributed by atoms with Crippen LogP contribution in [0.2, 0.25) is 5.02 Å². The van der Waals surface area contributed by atoms with Crippen LogP contribution < -0.4 is 15.4 Å². The number of amides is 1. The third-order valence-electron chi connectivity index (χ3n) is 3.14. The molecule has 0 aromatic heterocycles. The predicted octanol–water partition coefficient (Wildman–Crippen LogP) is 3.24. The highest BCUT2D eigenvalue weighted by Gasteiger charge is 2.08. The van der Waals surface area contributed by atoms with E-state index < -0.39 is 11.9 Å². The van der Waals surface area contributed by atoms with Gasteiger partial charge in [-0.1, -0.05) is 11.6 Å². The molecular weight excluding hydrogens is 364 g/mol. The second-order valence-electron chi connectivity index (χ2n) is 5.08. The van der Waals surface area contributed by atoms with E-state index in [0.29, 0.717) is 16.5 Å². The molecule has 0 radical (unpaired) electrons.